The van der Waals surface area contributed by atoms with E-state index in [4.69, 9.17) is 4.42 Å². The highest BCUT2D eigenvalue weighted by molar-refractivity contribution is 14.1. The fraction of sp³-hybridized carbons (Fsp3) is 0.0625. The van der Waals surface area contributed by atoms with Crippen molar-refractivity contribution < 1.29 is 9.21 Å². The SMILES string of the molecule is Cc1cc(C(=O)NN=Cc2ccc(-c3ccc(I)cc3)o2)n[nH]1. The normalized spacial score (nSPS) is 11.0. The summed E-state index contributed by atoms with van der Waals surface area (Å²) in [6.07, 6.45) is 1.45. The Bertz CT molecular complexity index is 849. The van der Waals surface area contributed by atoms with Crippen molar-refractivity contribution in [3.05, 3.63) is 63.2 Å². The van der Waals surface area contributed by atoms with Gasteiger partial charge in [-0.25, -0.2) is 5.43 Å². The van der Waals surface area contributed by atoms with Crippen molar-refractivity contribution in [2.45, 2.75) is 6.92 Å². The number of benzene rings is 1. The second kappa shape index (κ2) is 6.78. The number of amides is 1. The summed E-state index contributed by atoms with van der Waals surface area (Å²) >= 11 is 2.25. The van der Waals surface area contributed by atoms with Crippen LogP contribution in [0.15, 0.2) is 52.0 Å². The van der Waals surface area contributed by atoms with Gasteiger partial charge >= 0.3 is 0 Å². The number of nitrogens with one attached hydrogen (secondary N) is 2. The number of nitrogens with zero attached hydrogens (tertiary/aromatic N) is 2. The van der Waals surface area contributed by atoms with Gasteiger partial charge in [-0.3, -0.25) is 9.89 Å². The quantitative estimate of drug-likeness (QED) is 0.386. The zero-order valence-electron chi connectivity index (χ0n) is 12.2. The van der Waals surface area contributed by atoms with Crippen LogP contribution in [0.3, 0.4) is 0 Å². The first-order valence-corrected chi connectivity index (χ1v) is 7.91. The Hall–Kier alpha value is -2.42. The van der Waals surface area contributed by atoms with Crippen LogP contribution >= 0.6 is 22.6 Å². The molecule has 0 saturated carbocycles. The van der Waals surface area contributed by atoms with Crippen LogP contribution in [0, 0.1) is 10.5 Å². The van der Waals surface area contributed by atoms with Gasteiger partial charge in [0, 0.05) is 14.8 Å². The molecule has 1 aromatic carbocycles. The number of carbonyl (C=O) groups is 1. The molecule has 0 radical (unpaired) electrons. The van der Waals surface area contributed by atoms with Crippen LogP contribution < -0.4 is 5.43 Å². The lowest BCUT2D eigenvalue weighted by Crippen LogP contribution is -2.17. The third kappa shape index (κ3) is 3.86. The molecule has 3 aromatic rings. The van der Waals surface area contributed by atoms with E-state index in [0.717, 1.165) is 20.6 Å². The zero-order valence-corrected chi connectivity index (χ0v) is 14.4. The van der Waals surface area contributed by atoms with Crippen molar-refractivity contribution in [3.8, 4) is 11.3 Å². The number of aromatic nitrogens is 2. The molecular weight excluding hydrogens is 407 g/mol. The molecule has 0 bridgehead atoms. The van der Waals surface area contributed by atoms with Crippen molar-refractivity contribution in [3.63, 3.8) is 0 Å². The van der Waals surface area contributed by atoms with Crippen LogP contribution in [-0.4, -0.2) is 22.3 Å². The maximum atomic E-state index is 11.8. The molecule has 0 fully saturated rings. The largest absolute Gasteiger partial charge is 0.455 e. The summed E-state index contributed by atoms with van der Waals surface area (Å²) in [5, 5.41) is 10.4. The van der Waals surface area contributed by atoms with Crippen molar-refractivity contribution in [1.29, 1.82) is 0 Å². The van der Waals surface area contributed by atoms with E-state index in [9.17, 15) is 4.79 Å². The fourth-order valence-corrected chi connectivity index (χ4v) is 2.30. The number of furan rings is 1. The first kappa shape index (κ1) is 15.5. The van der Waals surface area contributed by atoms with Crippen LogP contribution in [0.5, 0.6) is 0 Å². The average molecular weight is 420 g/mol. The maximum absolute atomic E-state index is 11.8. The number of carbonyl (C=O) groups excluding carboxylic acids is 1. The Morgan fingerprint density at radius 3 is 2.78 bits per heavy atom. The highest BCUT2D eigenvalue weighted by Gasteiger charge is 2.08. The number of hydrogen-bond acceptors (Lipinski definition) is 4. The molecule has 116 valence electrons. The molecule has 0 aliphatic heterocycles. The molecule has 1 amide bonds. The van der Waals surface area contributed by atoms with Crippen molar-refractivity contribution >= 4 is 34.7 Å². The van der Waals surface area contributed by atoms with Crippen LogP contribution in [0.25, 0.3) is 11.3 Å². The van der Waals surface area contributed by atoms with Crippen molar-refractivity contribution in [1.82, 2.24) is 15.6 Å². The number of halogens is 1. The summed E-state index contributed by atoms with van der Waals surface area (Å²) in [6.45, 7) is 1.82. The molecule has 0 atom stereocenters. The Balaban J connectivity index is 1.64. The minimum absolute atomic E-state index is 0.290. The van der Waals surface area contributed by atoms with Crippen molar-refractivity contribution in [2.24, 2.45) is 5.10 Å². The second-order valence-electron chi connectivity index (χ2n) is 4.84. The standard InChI is InChI=1S/C16H13IN4O2/c1-10-8-14(20-19-10)16(22)21-18-9-13-6-7-15(23-13)11-2-4-12(17)5-3-11/h2-9H,1H3,(H,19,20)(H,21,22). The van der Waals surface area contributed by atoms with Gasteiger partial charge in [0.25, 0.3) is 5.91 Å². The Morgan fingerprint density at radius 1 is 1.30 bits per heavy atom. The number of aryl methyl sites for hydroxylation is 1. The Kier molecular flexibility index (Phi) is 4.56. The highest BCUT2D eigenvalue weighted by Crippen LogP contribution is 2.22. The molecular formula is C16H13IN4O2. The monoisotopic (exact) mass is 420 g/mol. The van der Waals surface area contributed by atoms with Crippen LogP contribution in [0.1, 0.15) is 21.9 Å². The van der Waals surface area contributed by atoms with E-state index in [1.807, 2.05) is 37.3 Å². The zero-order chi connectivity index (χ0) is 16.2. The minimum atomic E-state index is -0.380. The summed E-state index contributed by atoms with van der Waals surface area (Å²) in [6, 6.07) is 13.3. The number of H-pyrrole nitrogens is 1. The van der Waals surface area contributed by atoms with Gasteiger partial charge in [0.15, 0.2) is 5.69 Å². The van der Waals surface area contributed by atoms with Gasteiger partial charge in [0.1, 0.15) is 11.5 Å². The number of hydrazone groups is 1. The molecule has 23 heavy (non-hydrogen) atoms. The minimum Gasteiger partial charge on any atom is -0.455 e. The van der Waals surface area contributed by atoms with Gasteiger partial charge in [-0.2, -0.15) is 10.2 Å². The van der Waals surface area contributed by atoms with Gasteiger partial charge in [-0.05, 0) is 59.8 Å². The van der Waals surface area contributed by atoms with Crippen LogP contribution in [0.2, 0.25) is 0 Å². The summed E-state index contributed by atoms with van der Waals surface area (Å²) < 4.78 is 6.84. The third-order valence-electron chi connectivity index (χ3n) is 3.05. The maximum Gasteiger partial charge on any atom is 0.291 e. The predicted octanol–water partition coefficient (Wildman–Crippen LogP) is 3.35. The molecule has 2 N–H and O–H groups in total. The van der Waals surface area contributed by atoms with E-state index < -0.39 is 0 Å². The summed E-state index contributed by atoms with van der Waals surface area (Å²) in [7, 11) is 0. The third-order valence-corrected chi connectivity index (χ3v) is 3.77. The first-order chi connectivity index (χ1) is 11.1. The van der Waals surface area contributed by atoms with E-state index in [-0.39, 0.29) is 5.91 Å². The van der Waals surface area contributed by atoms with Gasteiger partial charge in [0.2, 0.25) is 0 Å². The van der Waals surface area contributed by atoms with Gasteiger partial charge < -0.3 is 4.42 Å². The van der Waals surface area contributed by atoms with E-state index >= 15 is 0 Å². The molecule has 3 rings (SSSR count). The fourth-order valence-electron chi connectivity index (χ4n) is 1.94. The Morgan fingerprint density at radius 2 is 2.09 bits per heavy atom. The average Bonchev–Trinajstić information content (AvgIpc) is 3.17. The lowest BCUT2D eigenvalue weighted by molar-refractivity contribution is 0.0950. The Labute approximate surface area is 146 Å². The second-order valence-corrected chi connectivity index (χ2v) is 6.09. The lowest BCUT2D eigenvalue weighted by Gasteiger charge is -1.96. The number of hydrogen-bond donors (Lipinski definition) is 2. The van der Waals surface area contributed by atoms with Gasteiger partial charge in [-0.1, -0.05) is 12.1 Å². The molecule has 0 saturated heterocycles. The molecule has 0 aliphatic carbocycles. The molecule has 0 unspecified atom stereocenters. The molecule has 2 aromatic heterocycles. The van der Waals surface area contributed by atoms with E-state index in [1.165, 1.54) is 6.21 Å². The van der Waals surface area contributed by atoms with E-state index in [2.05, 4.69) is 43.3 Å². The molecule has 0 spiro atoms. The molecule has 6 nitrogen and oxygen atoms in total. The predicted molar refractivity (Wildman–Crippen MR) is 95.2 cm³/mol. The van der Waals surface area contributed by atoms with Crippen LogP contribution in [-0.2, 0) is 0 Å². The topological polar surface area (TPSA) is 83.3 Å². The molecule has 2 heterocycles. The van der Waals surface area contributed by atoms with Gasteiger partial charge in [0.05, 0.1) is 6.21 Å². The highest BCUT2D eigenvalue weighted by atomic mass is 127. The first-order valence-electron chi connectivity index (χ1n) is 6.83. The molecule has 0 aliphatic rings. The van der Waals surface area contributed by atoms with E-state index in [1.54, 1.807) is 12.1 Å². The molecule has 7 heteroatoms. The number of rotatable bonds is 4. The van der Waals surface area contributed by atoms with E-state index in [0.29, 0.717) is 11.5 Å². The number of aromatic amines is 1. The summed E-state index contributed by atoms with van der Waals surface area (Å²) in [5.74, 6) is 0.921. The summed E-state index contributed by atoms with van der Waals surface area (Å²) in [4.78, 5) is 11.8. The van der Waals surface area contributed by atoms with Gasteiger partial charge in [-0.15, -0.1) is 0 Å². The smallest absolute Gasteiger partial charge is 0.291 e. The van der Waals surface area contributed by atoms with Crippen molar-refractivity contribution in [2.75, 3.05) is 0 Å². The summed E-state index contributed by atoms with van der Waals surface area (Å²) in [5.41, 5.74) is 4.49. The lowest BCUT2D eigenvalue weighted by atomic mass is 10.2. The van der Waals surface area contributed by atoms with Crippen LogP contribution in [0.4, 0.5) is 0 Å².